The Balaban J connectivity index is 1.87. The summed E-state index contributed by atoms with van der Waals surface area (Å²) in [5.74, 6) is 0.143. The molecule has 0 bridgehead atoms. The van der Waals surface area contributed by atoms with Crippen LogP contribution in [0.3, 0.4) is 0 Å². The van der Waals surface area contributed by atoms with Crippen molar-refractivity contribution >= 4 is 12.0 Å². The third kappa shape index (κ3) is 2.13. The Morgan fingerprint density at radius 1 is 1.50 bits per heavy atom. The Labute approximate surface area is 95.1 Å². The number of hydrogen-bond donors (Lipinski definition) is 1. The number of nitrogens with zero attached hydrogens (tertiary/aromatic N) is 1. The van der Waals surface area contributed by atoms with Gasteiger partial charge in [-0.3, -0.25) is 4.79 Å². The second-order valence-corrected chi connectivity index (χ2v) is 4.64. The van der Waals surface area contributed by atoms with Crippen molar-refractivity contribution in [2.45, 2.75) is 26.2 Å². The van der Waals surface area contributed by atoms with E-state index in [1.807, 2.05) is 6.92 Å². The molecule has 0 unspecified atom stereocenters. The number of nitrogens with one attached hydrogen (secondary N) is 1. The first kappa shape index (κ1) is 11.2. The highest BCUT2D eigenvalue weighted by Gasteiger charge is 2.41. The quantitative estimate of drug-likeness (QED) is 0.717. The van der Waals surface area contributed by atoms with Crippen molar-refractivity contribution in [1.29, 1.82) is 0 Å². The minimum atomic E-state index is -0.227. The number of hydrogen-bond acceptors (Lipinski definition) is 3. The Bertz CT molecular complexity index is 296. The summed E-state index contributed by atoms with van der Waals surface area (Å²) < 4.78 is 4.96. The molecule has 0 aliphatic carbocycles. The number of carbonyl (C=O) groups excluding carboxylic acids is 2. The van der Waals surface area contributed by atoms with E-state index in [-0.39, 0.29) is 17.4 Å². The summed E-state index contributed by atoms with van der Waals surface area (Å²) in [5.41, 5.74) is 0.0973. The van der Waals surface area contributed by atoms with Crippen molar-refractivity contribution in [3.05, 3.63) is 0 Å². The zero-order chi connectivity index (χ0) is 11.6. The van der Waals surface area contributed by atoms with Gasteiger partial charge < -0.3 is 15.0 Å². The highest BCUT2D eigenvalue weighted by Crippen LogP contribution is 2.37. The van der Waals surface area contributed by atoms with Crippen molar-refractivity contribution in [3.63, 3.8) is 0 Å². The molecule has 2 rings (SSSR count). The summed E-state index contributed by atoms with van der Waals surface area (Å²) in [5, 5.41) is 2.88. The third-order valence-electron chi connectivity index (χ3n) is 3.55. The molecule has 0 saturated carbocycles. The van der Waals surface area contributed by atoms with Crippen LogP contribution >= 0.6 is 0 Å². The maximum atomic E-state index is 11.5. The predicted molar refractivity (Wildman–Crippen MR) is 57.9 cm³/mol. The number of piperidine rings is 1. The summed E-state index contributed by atoms with van der Waals surface area (Å²) >= 11 is 0. The van der Waals surface area contributed by atoms with Crippen LogP contribution < -0.4 is 5.32 Å². The van der Waals surface area contributed by atoms with Crippen LogP contribution in [0.15, 0.2) is 0 Å². The van der Waals surface area contributed by atoms with Gasteiger partial charge in [-0.05, 0) is 25.2 Å². The molecule has 0 radical (unpaired) electrons. The van der Waals surface area contributed by atoms with E-state index in [0.29, 0.717) is 26.1 Å². The minimum Gasteiger partial charge on any atom is -0.450 e. The fourth-order valence-corrected chi connectivity index (χ4v) is 2.48. The molecular weight excluding hydrogens is 208 g/mol. The van der Waals surface area contributed by atoms with Crippen molar-refractivity contribution in [3.8, 4) is 0 Å². The smallest absolute Gasteiger partial charge is 0.409 e. The highest BCUT2D eigenvalue weighted by molar-refractivity contribution is 5.79. The molecule has 2 aliphatic heterocycles. The van der Waals surface area contributed by atoms with Crippen LogP contribution in [0.25, 0.3) is 0 Å². The molecule has 2 fully saturated rings. The van der Waals surface area contributed by atoms with Crippen LogP contribution in [-0.4, -0.2) is 43.1 Å². The standard InChI is InChI=1S/C11H18N2O3/c1-2-16-10(15)13-5-3-11(4-6-13)7-9(14)12-8-11/h2-8H2,1H3,(H,12,14). The first-order valence-corrected chi connectivity index (χ1v) is 5.84. The fraction of sp³-hybridized carbons (Fsp3) is 0.818. The Kier molecular flexibility index (Phi) is 3.03. The van der Waals surface area contributed by atoms with Crippen molar-refractivity contribution in [2.75, 3.05) is 26.2 Å². The summed E-state index contributed by atoms with van der Waals surface area (Å²) in [4.78, 5) is 24.4. The molecule has 2 amide bonds. The van der Waals surface area contributed by atoms with Gasteiger partial charge in [-0.15, -0.1) is 0 Å². The van der Waals surface area contributed by atoms with Crippen LogP contribution in [0, 0.1) is 5.41 Å². The SMILES string of the molecule is CCOC(=O)N1CCC2(CC1)CNC(=O)C2. The maximum absolute atomic E-state index is 11.5. The average Bonchev–Trinajstić information content (AvgIpc) is 2.61. The summed E-state index contributed by atoms with van der Waals surface area (Å²) in [6, 6.07) is 0. The van der Waals surface area contributed by atoms with E-state index in [1.54, 1.807) is 4.90 Å². The van der Waals surface area contributed by atoms with Gasteiger partial charge in [0.2, 0.25) is 5.91 Å². The van der Waals surface area contributed by atoms with Gasteiger partial charge in [0.05, 0.1) is 6.61 Å². The maximum Gasteiger partial charge on any atom is 0.409 e. The molecule has 0 atom stereocenters. The monoisotopic (exact) mass is 226 g/mol. The fourth-order valence-electron chi connectivity index (χ4n) is 2.48. The molecule has 16 heavy (non-hydrogen) atoms. The lowest BCUT2D eigenvalue weighted by Gasteiger charge is -2.37. The van der Waals surface area contributed by atoms with Gasteiger partial charge in [0.1, 0.15) is 0 Å². The highest BCUT2D eigenvalue weighted by atomic mass is 16.6. The van der Waals surface area contributed by atoms with E-state index >= 15 is 0 Å². The van der Waals surface area contributed by atoms with Crippen molar-refractivity contribution in [2.24, 2.45) is 5.41 Å². The van der Waals surface area contributed by atoms with E-state index in [4.69, 9.17) is 4.74 Å². The molecule has 90 valence electrons. The lowest BCUT2D eigenvalue weighted by Crippen LogP contribution is -2.44. The van der Waals surface area contributed by atoms with Gasteiger partial charge in [-0.2, -0.15) is 0 Å². The minimum absolute atomic E-state index is 0.0973. The van der Waals surface area contributed by atoms with Crippen LogP contribution in [0.2, 0.25) is 0 Å². The molecule has 0 aromatic heterocycles. The van der Waals surface area contributed by atoms with Crippen LogP contribution in [0.1, 0.15) is 26.2 Å². The second kappa shape index (κ2) is 4.31. The molecule has 2 heterocycles. The lowest BCUT2D eigenvalue weighted by atomic mass is 9.78. The van der Waals surface area contributed by atoms with Crippen LogP contribution in [0.5, 0.6) is 0 Å². The van der Waals surface area contributed by atoms with Gasteiger partial charge in [0.25, 0.3) is 0 Å². The number of ether oxygens (including phenoxy) is 1. The van der Waals surface area contributed by atoms with E-state index in [1.165, 1.54) is 0 Å². The Morgan fingerprint density at radius 3 is 2.69 bits per heavy atom. The molecule has 0 aromatic rings. The van der Waals surface area contributed by atoms with Gasteiger partial charge in [-0.25, -0.2) is 4.79 Å². The van der Waals surface area contributed by atoms with Crippen LogP contribution in [0.4, 0.5) is 4.79 Å². The number of rotatable bonds is 1. The molecule has 5 heteroatoms. The number of carbonyl (C=O) groups is 2. The first-order valence-electron chi connectivity index (χ1n) is 5.84. The molecule has 1 N–H and O–H groups in total. The topological polar surface area (TPSA) is 58.6 Å². The number of likely N-dealkylation sites (tertiary alicyclic amines) is 1. The first-order chi connectivity index (χ1) is 7.65. The van der Waals surface area contributed by atoms with Gasteiger partial charge >= 0.3 is 6.09 Å². The summed E-state index contributed by atoms with van der Waals surface area (Å²) in [6.45, 7) is 4.40. The zero-order valence-corrected chi connectivity index (χ0v) is 9.62. The molecule has 0 aromatic carbocycles. The zero-order valence-electron chi connectivity index (χ0n) is 9.62. The van der Waals surface area contributed by atoms with E-state index in [0.717, 1.165) is 19.4 Å². The summed E-state index contributed by atoms with van der Waals surface area (Å²) in [7, 11) is 0. The normalized spacial score (nSPS) is 23.3. The summed E-state index contributed by atoms with van der Waals surface area (Å²) in [6.07, 6.45) is 2.17. The largest absolute Gasteiger partial charge is 0.450 e. The average molecular weight is 226 g/mol. The van der Waals surface area contributed by atoms with Crippen LogP contribution in [-0.2, 0) is 9.53 Å². The Morgan fingerprint density at radius 2 is 2.19 bits per heavy atom. The van der Waals surface area contributed by atoms with Gasteiger partial charge in [-0.1, -0.05) is 0 Å². The van der Waals surface area contributed by atoms with Gasteiger partial charge in [0, 0.05) is 26.1 Å². The third-order valence-corrected chi connectivity index (χ3v) is 3.55. The van der Waals surface area contributed by atoms with Crippen molar-refractivity contribution in [1.82, 2.24) is 10.2 Å². The molecule has 1 spiro atoms. The molecule has 2 aliphatic rings. The van der Waals surface area contributed by atoms with Crippen molar-refractivity contribution < 1.29 is 14.3 Å². The van der Waals surface area contributed by atoms with E-state index in [2.05, 4.69) is 5.32 Å². The van der Waals surface area contributed by atoms with E-state index < -0.39 is 0 Å². The second-order valence-electron chi connectivity index (χ2n) is 4.64. The molecule has 5 nitrogen and oxygen atoms in total. The van der Waals surface area contributed by atoms with E-state index in [9.17, 15) is 9.59 Å². The van der Waals surface area contributed by atoms with Gasteiger partial charge in [0.15, 0.2) is 0 Å². The Hall–Kier alpha value is -1.26. The predicted octanol–water partition coefficient (Wildman–Crippen LogP) is 0.745. The lowest BCUT2D eigenvalue weighted by molar-refractivity contribution is -0.119. The molecule has 2 saturated heterocycles. The molecular formula is C11H18N2O3. The number of amides is 2.